The molecule has 0 radical (unpaired) electrons. The molecule has 0 aromatic rings. The number of nitrogens with zero attached hydrogens (tertiary/aromatic N) is 4. The lowest BCUT2D eigenvalue weighted by molar-refractivity contribution is 0.0101. The second-order valence-electron chi connectivity index (χ2n) is 31.3. The van der Waals surface area contributed by atoms with Crippen LogP contribution in [0.25, 0.3) is 0 Å². The van der Waals surface area contributed by atoms with Crippen LogP contribution in [0, 0.1) is 47.3 Å². The van der Waals surface area contributed by atoms with Crippen LogP contribution in [0.15, 0.2) is 71.8 Å². The highest BCUT2D eigenvalue weighted by Gasteiger charge is 2.42. The normalized spacial score (nSPS) is 37.6. The van der Waals surface area contributed by atoms with Crippen molar-refractivity contribution in [1.29, 1.82) is 0 Å². The molecule has 13 aliphatic carbocycles. The molecule has 0 N–H and O–H groups in total. The minimum absolute atomic E-state index is 0.626. The van der Waals surface area contributed by atoms with E-state index in [1.165, 1.54) is 315 Å². The molecule has 0 spiro atoms. The molecule has 4 heteroatoms. The fraction of sp³-hybridized carbons (Fsp3) is 0.846. The zero-order valence-electron chi connectivity index (χ0n) is 52.9. The Morgan fingerprint density at radius 3 is 1.06 bits per heavy atom. The Labute approximate surface area is 505 Å². The SMILES string of the molecule is C1=CC(C2C=CC(N(C3CCCCC3)C3CCC(C4CC=C(N(C5=CCCCC5)C5CCCCC5)CC4)CC3)CC2)CCC1C1C=CC(N(C2=CCC(C3CCC(N(C4CCCCC4)C4CCCCC4)CC3)CC2)C2CCCCC2)CC1. The maximum Gasteiger partial charge on any atom is 0.0473 e. The first-order valence-corrected chi connectivity index (χ1v) is 37.9. The molecule has 0 amide bonds. The van der Waals surface area contributed by atoms with Gasteiger partial charge in [-0.05, 0) is 266 Å². The molecule has 0 heterocycles. The Morgan fingerprint density at radius 2 is 0.634 bits per heavy atom. The number of hydrogen-bond acceptors (Lipinski definition) is 4. The van der Waals surface area contributed by atoms with E-state index in [1.54, 1.807) is 17.1 Å². The molecule has 8 atom stereocenters. The second kappa shape index (κ2) is 29.3. The molecule has 82 heavy (non-hydrogen) atoms. The van der Waals surface area contributed by atoms with Gasteiger partial charge in [0.1, 0.15) is 0 Å². The first-order chi connectivity index (χ1) is 40.7. The first-order valence-electron chi connectivity index (χ1n) is 37.9. The van der Waals surface area contributed by atoms with E-state index in [2.05, 4.69) is 74.3 Å². The molecule has 456 valence electrons. The first kappa shape index (κ1) is 59.0. The van der Waals surface area contributed by atoms with Gasteiger partial charge in [0.15, 0.2) is 0 Å². The molecule has 13 rings (SSSR count). The van der Waals surface area contributed by atoms with E-state index in [9.17, 15) is 0 Å². The van der Waals surface area contributed by atoms with E-state index in [1.807, 2.05) is 0 Å². The van der Waals surface area contributed by atoms with Crippen molar-refractivity contribution in [1.82, 2.24) is 19.6 Å². The standard InChI is InChI=1S/C78H124N4/c1-7-19-67(20-8-1)79(68-21-9-2-10-22-68)73-47-39-63(40-48-73)65-43-55-77(56-44-65)81(71-27-15-5-16-28-71)75-51-35-61(36-52-75)59-31-33-60(34-32-59)62-37-53-76(54-38-62)82(72-29-17-6-18-30-72)78-57-45-66(46-58-78)64-41-49-74(50-42-64)80(69-23-11-3-12-24-69)70-25-13-4-14-26-70/h19,31,33,35,37,47,51,53,57,59-66,68-72,74-77H,1-18,20-30,32,34,36,38-46,48-50,52,54-56,58H2. The number of hydrogen-bond donors (Lipinski definition) is 0. The third-order valence-electron chi connectivity index (χ3n) is 26.7. The summed E-state index contributed by atoms with van der Waals surface area (Å²) in [6, 6.07) is 7.21. The fourth-order valence-electron chi connectivity index (χ4n) is 22.1. The van der Waals surface area contributed by atoms with Gasteiger partial charge in [-0.2, -0.15) is 0 Å². The quantitative estimate of drug-likeness (QED) is 0.143. The zero-order valence-corrected chi connectivity index (χ0v) is 52.9. The van der Waals surface area contributed by atoms with Crippen molar-refractivity contribution in [3.63, 3.8) is 0 Å². The zero-order chi connectivity index (χ0) is 54.9. The predicted molar refractivity (Wildman–Crippen MR) is 347 cm³/mol. The summed E-state index contributed by atoms with van der Waals surface area (Å²) in [4.78, 5) is 12.4. The maximum absolute atomic E-state index is 3.21. The van der Waals surface area contributed by atoms with E-state index in [0.717, 1.165) is 89.6 Å². The van der Waals surface area contributed by atoms with Crippen LogP contribution in [0.2, 0.25) is 0 Å². The number of rotatable bonds is 16. The van der Waals surface area contributed by atoms with Crippen LogP contribution in [0.1, 0.15) is 315 Å². The summed E-state index contributed by atoms with van der Waals surface area (Å²) in [5.74, 6) is 6.78. The van der Waals surface area contributed by atoms with Crippen molar-refractivity contribution in [3.05, 3.63) is 71.8 Å². The molecule has 8 unspecified atom stereocenters. The van der Waals surface area contributed by atoms with E-state index in [0.29, 0.717) is 12.1 Å². The van der Waals surface area contributed by atoms with Crippen LogP contribution < -0.4 is 0 Å². The molecule has 0 aliphatic heterocycles. The molecule has 0 bridgehead atoms. The van der Waals surface area contributed by atoms with E-state index in [-0.39, 0.29) is 0 Å². The van der Waals surface area contributed by atoms with Crippen molar-refractivity contribution in [2.24, 2.45) is 47.3 Å². The average Bonchev–Trinajstić information content (AvgIpc) is 3.64. The number of allylic oxidation sites excluding steroid dienone is 10. The van der Waals surface area contributed by atoms with Gasteiger partial charge in [-0.25, -0.2) is 0 Å². The van der Waals surface area contributed by atoms with Crippen molar-refractivity contribution in [2.45, 2.75) is 369 Å². The van der Waals surface area contributed by atoms with Gasteiger partial charge in [0.2, 0.25) is 0 Å². The maximum atomic E-state index is 3.21. The second-order valence-corrected chi connectivity index (χ2v) is 31.3. The lowest BCUT2D eigenvalue weighted by Crippen LogP contribution is -2.52. The van der Waals surface area contributed by atoms with E-state index >= 15 is 0 Å². The van der Waals surface area contributed by atoms with Crippen molar-refractivity contribution >= 4 is 0 Å². The van der Waals surface area contributed by atoms with Crippen molar-refractivity contribution in [3.8, 4) is 0 Å². The highest BCUT2D eigenvalue weighted by atomic mass is 15.2. The Hall–Kier alpha value is -2.04. The molecule has 0 aromatic carbocycles. The van der Waals surface area contributed by atoms with Crippen LogP contribution in [-0.2, 0) is 0 Å². The van der Waals surface area contributed by atoms with E-state index in [4.69, 9.17) is 0 Å². The molecule has 0 saturated heterocycles. The minimum Gasteiger partial charge on any atom is -0.366 e. The molecule has 4 nitrogen and oxygen atoms in total. The van der Waals surface area contributed by atoms with Crippen LogP contribution in [0.4, 0.5) is 0 Å². The van der Waals surface area contributed by atoms with Crippen molar-refractivity contribution in [2.75, 3.05) is 0 Å². The Kier molecular flexibility index (Phi) is 21.1. The molecule has 7 saturated carbocycles. The summed E-state index contributed by atoms with van der Waals surface area (Å²) in [7, 11) is 0. The largest absolute Gasteiger partial charge is 0.366 e. The third kappa shape index (κ3) is 14.3. The lowest BCUT2D eigenvalue weighted by atomic mass is 9.71. The Morgan fingerprint density at radius 1 is 0.244 bits per heavy atom. The van der Waals surface area contributed by atoms with Crippen LogP contribution in [0.3, 0.4) is 0 Å². The summed E-state index contributed by atoms with van der Waals surface area (Å²) in [5.41, 5.74) is 5.21. The Balaban J connectivity index is 0.589. The van der Waals surface area contributed by atoms with Gasteiger partial charge in [-0.15, -0.1) is 0 Å². The van der Waals surface area contributed by atoms with Gasteiger partial charge < -0.3 is 9.80 Å². The van der Waals surface area contributed by atoms with Crippen LogP contribution in [-0.4, -0.2) is 74.0 Å². The van der Waals surface area contributed by atoms with Gasteiger partial charge in [-0.1, -0.05) is 151 Å². The van der Waals surface area contributed by atoms with Gasteiger partial charge in [-0.3, -0.25) is 9.80 Å². The molecular formula is C78H124N4. The average molecular weight is 1120 g/mol. The predicted octanol–water partition coefficient (Wildman–Crippen LogP) is 21.1. The molecule has 0 aromatic heterocycles. The van der Waals surface area contributed by atoms with Gasteiger partial charge in [0.25, 0.3) is 0 Å². The van der Waals surface area contributed by atoms with Gasteiger partial charge in [0, 0.05) is 71.5 Å². The van der Waals surface area contributed by atoms with Gasteiger partial charge >= 0.3 is 0 Å². The highest BCUT2D eigenvalue weighted by Crippen LogP contribution is 2.48. The fourth-order valence-corrected chi connectivity index (χ4v) is 22.1. The third-order valence-corrected chi connectivity index (χ3v) is 26.7. The summed E-state index contributed by atoms with van der Waals surface area (Å²) in [5, 5.41) is 0. The monoisotopic (exact) mass is 1120 g/mol. The minimum atomic E-state index is 0.626. The topological polar surface area (TPSA) is 13.0 Å². The summed E-state index contributed by atoms with van der Waals surface area (Å²) >= 11 is 0. The highest BCUT2D eigenvalue weighted by molar-refractivity contribution is 5.21. The summed E-state index contributed by atoms with van der Waals surface area (Å²) < 4.78 is 0. The summed E-state index contributed by atoms with van der Waals surface area (Å²) in [6.45, 7) is 0. The molecule has 13 aliphatic rings. The lowest BCUT2D eigenvalue weighted by Gasteiger charge is -2.49. The molecule has 7 fully saturated rings. The van der Waals surface area contributed by atoms with Gasteiger partial charge in [0.05, 0.1) is 0 Å². The van der Waals surface area contributed by atoms with Crippen LogP contribution >= 0.6 is 0 Å². The Bertz CT molecular complexity index is 2120. The van der Waals surface area contributed by atoms with Crippen molar-refractivity contribution < 1.29 is 0 Å². The molecular weight excluding hydrogens is 993 g/mol. The summed E-state index contributed by atoms with van der Waals surface area (Å²) in [6.07, 6.45) is 95.5. The smallest absolute Gasteiger partial charge is 0.0473 e. The van der Waals surface area contributed by atoms with E-state index < -0.39 is 0 Å². The van der Waals surface area contributed by atoms with Crippen LogP contribution in [0.5, 0.6) is 0 Å².